The SMILES string of the molecule is COc1c(F)cc(C(C)(F)F)cc1-c1cnn(C)c1N. The number of ether oxygens (including phenoxy) is 1. The zero-order chi connectivity index (χ0) is 15.1. The Kier molecular flexibility index (Phi) is 3.37. The number of rotatable bonds is 3. The third kappa shape index (κ3) is 2.31. The van der Waals surface area contributed by atoms with Crippen molar-refractivity contribution in [2.24, 2.45) is 7.05 Å². The Morgan fingerprint density at radius 1 is 1.30 bits per heavy atom. The van der Waals surface area contributed by atoms with Crippen LogP contribution in [0.3, 0.4) is 0 Å². The number of nitrogens with zero attached hydrogens (tertiary/aromatic N) is 2. The van der Waals surface area contributed by atoms with Crippen molar-refractivity contribution in [2.45, 2.75) is 12.8 Å². The van der Waals surface area contributed by atoms with Crippen LogP contribution in [0.5, 0.6) is 5.75 Å². The van der Waals surface area contributed by atoms with Crippen molar-refractivity contribution in [3.05, 3.63) is 29.7 Å². The van der Waals surface area contributed by atoms with Crippen LogP contribution in [0.1, 0.15) is 12.5 Å². The average molecular weight is 285 g/mol. The zero-order valence-corrected chi connectivity index (χ0v) is 11.2. The summed E-state index contributed by atoms with van der Waals surface area (Å²) in [4.78, 5) is 0. The van der Waals surface area contributed by atoms with Crippen molar-refractivity contribution in [1.82, 2.24) is 9.78 Å². The summed E-state index contributed by atoms with van der Waals surface area (Å²) < 4.78 is 47.1. The van der Waals surface area contributed by atoms with Crippen molar-refractivity contribution in [3.8, 4) is 16.9 Å². The molecular weight excluding hydrogens is 271 g/mol. The molecule has 108 valence electrons. The fraction of sp³-hybridized carbons (Fsp3) is 0.308. The topological polar surface area (TPSA) is 53.1 Å². The highest BCUT2D eigenvalue weighted by molar-refractivity contribution is 5.79. The molecule has 20 heavy (non-hydrogen) atoms. The summed E-state index contributed by atoms with van der Waals surface area (Å²) in [6.07, 6.45) is 1.38. The number of nitrogen functional groups attached to an aromatic ring is 1. The maximum Gasteiger partial charge on any atom is 0.270 e. The molecule has 0 atom stereocenters. The maximum absolute atomic E-state index is 13.9. The molecule has 1 aromatic carbocycles. The summed E-state index contributed by atoms with van der Waals surface area (Å²) in [7, 11) is 2.86. The first kappa shape index (κ1) is 14.2. The quantitative estimate of drug-likeness (QED) is 0.943. The smallest absolute Gasteiger partial charge is 0.270 e. The van der Waals surface area contributed by atoms with Crippen molar-refractivity contribution >= 4 is 5.82 Å². The summed E-state index contributed by atoms with van der Waals surface area (Å²) >= 11 is 0. The van der Waals surface area contributed by atoms with Crippen molar-refractivity contribution in [2.75, 3.05) is 12.8 Å². The number of aromatic nitrogens is 2. The molecule has 2 aromatic rings. The molecule has 0 unspecified atom stereocenters. The number of hydrogen-bond donors (Lipinski definition) is 1. The van der Waals surface area contributed by atoms with Gasteiger partial charge in [-0.05, 0) is 12.1 Å². The van der Waals surface area contributed by atoms with Gasteiger partial charge in [0.2, 0.25) is 0 Å². The number of benzene rings is 1. The van der Waals surface area contributed by atoms with Gasteiger partial charge in [0, 0.05) is 30.7 Å². The summed E-state index contributed by atoms with van der Waals surface area (Å²) in [6, 6.07) is 1.92. The van der Waals surface area contributed by atoms with Gasteiger partial charge < -0.3 is 10.5 Å². The van der Waals surface area contributed by atoms with E-state index in [0.29, 0.717) is 12.5 Å². The van der Waals surface area contributed by atoms with Crippen molar-refractivity contribution in [3.63, 3.8) is 0 Å². The first-order valence-corrected chi connectivity index (χ1v) is 5.79. The van der Waals surface area contributed by atoms with E-state index in [4.69, 9.17) is 10.5 Å². The second-order valence-electron chi connectivity index (χ2n) is 4.49. The van der Waals surface area contributed by atoms with Crippen molar-refractivity contribution < 1.29 is 17.9 Å². The Bertz CT molecular complexity index is 647. The minimum Gasteiger partial charge on any atom is -0.493 e. The van der Waals surface area contributed by atoms with Crippen LogP contribution >= 0.6 is 0 Å². The molecular formula is C13H14F3N3O. The standard InChI is InChI=1S/C13H14F3N3O/c1-13(15,16)7-4-8(11(20-3)10(14)5-7)9-6-18-19(2)12(9)17/h4-6H,17H2,1-3H3. The van der Waals surface area contributed by atoms with Gasteiger partial charge in [0.1, 0.15) is 5.82 Å². The van der Waals surface area contributed by atoms with E-state index in [1.807, 2.05) is 0 Å². The third-order valence-electron chi connectivity index (χ3n) is 3.03. The van der Waals surface area contributed by atoms with E-state index in [0.717, 1.165) is 12.1 Å². The van der Waals surface area contributed by atoms with E-state index in [1.54, 1.807) is 7.05 Å². The minimum atomic E-state index is -3.17. The van der Waals surface area contributed by atoms with Gasteiger partial charge in [-0.1, -0.05) is 0 Å². The predicted octanol–water partition coefficient (Wildman–Crippen LogP) is 2.93. The van der Waals surface area contributed by atoms with Crippen LogP contribution < -0.4 is 10.5 Å². The Hall–Kier alpha value is -2.18. The van der Waals surface area contributed by atoms with E-state index in [1.165, 1.54) is 18.0 Å². The van der Waals surface area contributed by atoms with Crippen LogP contribution in [0.4, 0.5) is 19.0 Å². The van der Waals surface area contributed by atoms with Gasteiger partial charge in [0.25, 0.3) is 5.92 Å². The minimum absolute atomic E-state index is 0.141. The highest BCUT2D eigenvalue weighted by Gasteiger charge is 2.28. The normalized spacial score (nSPS) is 11.7. The third-order valence-corrected chi connectivity index (χ3v) is 3.03. The fourth-order valence-electron chi connectivity index (χ4n) is 1.91. The van der Waals surface area contributed by atoms with Crippen LogP contribution in [0.25, 0.3) is 11.1 Å². The van der Waals surface area contributed by atoms with Crippen LogP contribution in [-0.4, -0.2) is 16.9 Å². The van der Waals surface area contributed by atoms with Gasteiger partial charge in [0.05, 0.1) is 13.3 Å². The fourth-order valence-corrected chi connectivity index (χ4v) is 1.91. The largest absolute Gasteiger partial charge is 0.493 e. The molecule has 1 heterocycles. The molecule has 0 saturated heterocycles. The molecule has 2 N–H and O–H groups in total. The van der Waals surface area contributed by atoms with Gasteiger partial charge in [-0.3, -0.25) is 4.68 Å². The number of halogens is 3. The molecule has 0 radical (unpaired) electrons. The highest BCUT2D eigenvalue weighted by Crippen LogP contribution is 2.39. The second kappa shape index (κ2) is 4.73. The lowest BCUT2D eigenvalue weighted by Gasteiger charge is -2.15. The van der Waals surface area contributed by atoms with Crippen LogP contribution in [0.15, 0.2) is 18.3 Å². The van der Waals surface area contributed by atoms with Crippen LogP contribution in [0.2, 0.25) is 0 Å². The number of alkyl halides is 2. The van der Waals surface area contributed by atoms with Gasteiger partial charge in [-0.15, -0.1) is 0 Å². The maximum atomic E-state index is 13.9. The van der Waals surface area contributed by atoms with Crippen molar-refractivity contribution in [1.29, 1.82) is 0 Å². The zero-order valence-electron chi connectivity index (χ0n) is 11.2. The van der Waals surface area contributed by atoms with Crippen LogP contribution in [-0.2, 0) is 13.0 Å². The Labute approximate surface area is 114 Å². The van der Waals surface area contributed by atoms with Gasteiger partial charge in [-0.25, -0.2) is 13.2 Å². The van der Waals surface area contributed by atoms with E-state index < -0.39 is 17.3 Å². The molecule has 4 nitrogen and oxygen atoms in total. The van der Waals surface area contributed by atoms with Gasteiger partial charge >= 0.3 is 0 Å². The predicted molar refractivity (Wildman–Crippen MR) is 69.1 cm³/mol. The van der Waals surface area contributed by atoms with E-state index in [9.17, 15) is 13.2 Å². The van der Waals surface area contributed by atoms with Gasteiger partial charge in [-0.2, -0.15) is 5.10 Å². The monoisotopic (exact) mass is 285 g/mol. The molecule has 0 aliphatic rings. The summed E-state index contributed by atoms with van der Waals surface area (Å²) in [6.45, 7) is 0.699. The molecule has 0 spiro atoms. The summed E-state index contributed by atoms with van der Waals surface area (Å²) in [5.74, 6) is -3.94. The molecule has 1 aromatic heterocycles. The van der Waals surface area contributed by atoms with Crippen LogP contribution in [0, 0.1) is 5.82 Å². The lowest BCUT2D eigenvalue weighted by molar-refractivity contribution is 0.0171. The Morgan fingerprint density at radius 2 is 1.95 bits per heavy atom. The molecule has 0 aliphatic heterocycles. The Balaban J connectivity index is 2.73. The first-order valence-electron chi connectivity index (χ1n) is 5.79. The molecule has 2 rings (SSSR count). The lowest BCUT2D eigenvalue weighted by atomic mass is 10.0. The molecule has 0 amide bonds. The average Bonchev–Trinajstić information content (AvgIpc) is 2.68. The summed E-state index contributed by atoms with van der Waals surface area (Å²) in [5.41, 5.74) is 5.84. The number of nitrogens with two attached hydrogens (primary N) is 1. The highest BCUT2D eigenvalue weighted by atomic mass is 19.3. The van der Waals surface area contributed by atoms with E-state index in [-0.39, 0.29) is 17.1 Å². The first-order chi connectivity index (χ1) is 9.25. The number of hydrogen-bond acceptors (Lipinski definition) is 3. The Morgan fingerprint density at radius 3 is 2.40 bits per heavy atom. The molecule has 0 aliphatic carbocycles. The second-order valence-corrected chi connectivity index (χ2v) is 4.49. The number of anilines is 1. The van der Waals surface area contributed by atoms with Gasteiger partial charge in [0.15, 0.2) is 11.6 Å². The van der Waals surface area contributed by atoms with E-state index >= 15 is 0 Å². The lowest BCUT2D eigenvalue weighted by Crippen LogP contribution is -2.09. The molecule has 0 fully saturated rings. The summed E-state index contributed by atoms with van der Waals surface area (Å²) in [5, 5.41) is 3.92. The molecule has 0 saturated carbocycles. The number of methoxy groups -OCH3 is 1. The number of aryl methyl sites for hydroxylation is 1. The van der Waals surface area contributed by atoms with E-state index in [2.05, 4.69) is 5.10 Å². The molecule has 7 heteroatoms. The molecule has 0 bridgehead atoms.